The van der Waals surface area contributed by atoms with Gasteiger partial charge in [-0.25, -0.2) is 4.98 Å². The zero-order chi connectivity index (χ0) is 16.2. The Morgan fingerprint density at radius 2 is 1.91 bits per heavy atom. The van der Waals surface area contributed by atoms with E-state index in [-0.39, 0.29) is 5.41 Å². The lowest BCUT2D eigenvalue weighted by Gasteiger charge is -2.19. The number of fused-ring (bicyclic) bond motifs is 3. The van der Waals surface area contributed by atoms with Crippen LogP contribution in [0.5, 0.6) is 0 Å². The largest absolute Gasteiger partial charge is 0.311 e. The average Bonchev–Trinajstić information content (AvgIpc) is 3.03. The van der Waals surface area contributed by atoms with Crippen LogP contribution < -0.4 is 5.32 Å². The van der Waals surface area contributed by atoms with Gasteiger partial charge in [0.15, 0.2) is 4.96 Å². The van der Waals surface area contributed by atoms with Gasteiger partial charge in [0.1, 0.15) is 0 Å². The summed E-state index contributed by atoms with van der Waals surface area (Å²) in [6.45, 7) is 11.0. The van der Waals surface area contributed by atoms with Crippen molar-refractivity contribution in [1.29, 1.82) is 0 Å². The number of nitrogens with one attached hydrogen (secondary N) is 1. The number of aromatic nitrogens is 2. The van der Waals surface area contributed by atoms with Crippen LogP contribution in [-0.2, 0) is 18.4 Å². The maximum atomic E-state index is 4.93. The Kier molecular flexibility index (Phi) is 3.36. The molecule has 2 aromatic heterocycles. The summed E-state index contributed by atoms with van der Waals surface area (Å²) in [5.74, 6) is 0. The molecule has 1 aliphatic heterocycles. The Balaban J connectivity index is 1.80. The molecule has 3 heterocycles. The van der Waals surface area contributed by atoms with Crippen molar-refractivity contribution >= 4 is 16.3 Å². The normalized spacial score (nSPS) is 15.1. The zero-order valence-corrected chi connectivity index (χ0v) is 15.0. The second kappa shape index (κ2) is 5.18. The van der Waals surface area contributed by atoms with Crippen molar-refractivity contribution in [3.8, 4) is 11.3 Å². The van der Waals surface area contributed by atoms with Gasteiger partial charge in [0, 0.05) is 41.3 Å². The predicted molar refractivity (Wildman–Crippen MR) is 97.4 cm³/mol. The number of imidazole rings is 1. The van der Waals surface area contributed by atoms with Gasteiger partial charge in [-0.05, 0) is 17.9 Å². The van der Waals surface area contributed by atoms with E-state index in [4.69, 9.17) is 4.98 Å². The first kappa shape index (κ1) is 14.9. The van der Waals surface area contributed by atoms with Gasteiger partial charge in [-0.1, -0.05) is 56.4 Å². The SMILES string of the molecule is Cc1c(-c2ccc(C(C)(C)C)cc2)nc2sc3c(n12)CCNC3. The molecule has 1 N–H and O–H groups in total. The minimum Gasteiger partial charge on any atom is -0.311 e. The van der Waals surface area contributed by atoms with Crippen LogP contribution in [0.3, 0.4) is 0 Å². The molecule has 4 heteroatoms. The Labute approximate surface area is 141 Å². The van der Waals surface area contributed by atoms with Crippen LogP contribution in [-0.4, -0.2) is 15.9 Å². The maximum Gasteiger partial charge on any atom is 0.194 e. The summed E-state index contributed by atoms with van der Waals surface area (Å²) >= 11 is 1.83. The van der Waals surface area contributed by atoms with Gasteiger partial charge in [0.25, 0.3) is 0 Å². The molecule has 4 rings (SSSR count). The lowest BCUT2D eigenvalue weighted by atomic mass is 9.86. The van der Waals surface area contributed by atoms with Crippen molar-refractivity contribution in [1.82, 2.24) is 14.7 Å². The van der Waals surface area contributed by atoms with E-state index in [1.807, 2.05) is 11.3 Å². The van der Waals surface area contributed by atoms with Crippen LogP contribution in [0.4, 0.5) is 0 Å². The molecule has 3 nitrogen and oxygen atoms in total. The molecule has 1 aliphatic rings. The number of hydrogen-bond acceptors (Lipinski definition) is 3. The third kappa shape index (κ3) is 2.41. The number of aryl methyl sites for hydroxylation is 1. The van der Waals surface area contributed by atoms with E-state index in [0.717, 1.165) is 30.2 Å². The molecular weight excluding hydrogens is 302 g/mol. The summed E-state index contributed by atoms with van der Waals surface area (Å²) in [4.78, 5) is 7.50. The molecule has 0 radical (unpaired) electrons. The minimum absolute atomic E-state index is 0.189. The highest BCUT2D eigenvalue weighted by atomic mass is 32.1. The molecule has 1 aromatic carbocycles. The molecule has 0 aliphatic carbocycles. The maximum absolute atomic E-state index is 4.93. The van der Waals surface area contributed by atoms with E-state index >= 15 is 0 Å². The Morgan fingerprint density at radius 1 is 1.17 bits per heavy atom. The molecule has 0 fully saturated rings. The van der Waals surface area contributed by atoms with Gasteiger partial charge in [0.05, 0.1) is 5.69 Å². The van der Waals surface area contributed by atoms with Gasteiger partial charge in [0.2, 0.25) is 0 Å². The number of hydrogen-bond donors (Lipinski definition) is 1. The van der Waals surface area contributed by atoms with Crippen molar-refractivity contribution in [2.45, 2.75) is 46.1 Å². The quantitative estimate of drug-likeness (QED) is 0.722. The average molecular weight is 325 g/mol. The van der Waals surface area contributed by atoms with Crippen molar-refractivity contribution in [3.05, 3.63) is 46.1 Å². The van der Waals surface area contributed by atoms with Crippen molar-refractivity contribution < 1.29 is 0 Å². The third-order valence-electron chi connectivity index (χ3n) is 4.73. The van der Waals surface area contributed by atoms with Gasteiger partial charge in [-0.15, -0.1) is 0 Å². The Bertz CT molecular complexity index is 863. The Morgan fingerprint density at radius 3 is 2.61 bits per heavy atom. The monoisotopic (exact) mass is 325 g/mol. The van der Waals surface area contributed by atoms with E-state index in [0.29, 0.717) is 0 Å². The fourth-order valence-corrected chi connectivity index (χ4v) is 4.54. The number of benzene rings is 1. The Hall–Kier alpha value is -1.65. The molecule has 120 valence electrons. The van der Waals surface area contributed by atoms with E-state index in [1.54, 1.807) is 0 Å². The summed E-state index contributed by atoms with van der Waals surface area (Å²) in [6.07, 6.45) is 1.09. The van der Waals surface area contributed by atoms with Crippen molar-refractivity contribution in [3.63, 3.8) is 0 Å². The van der Waals surface area contributed by atoms with Crippen molar-refractivity contribution in [2.24, 2.45) is 0 Å². The summed E-state index contributed by atoms with van der Waals surface area (Å²) in [6, 6.07) is 8.91. The molecule has 23 heavy (non-hydrogen) atoms. The lowest BCUT2D eigenvalue weighted by Crippen LogP contribution is -2.23. The number of nitrogens with zero attached hydrogens (tertiary/aromatic N) is 2. The lowest BCUT2D eigenvalue weighted by molar-refractivity contribution is 0.590. The third-order valence-corrected chi connectivity index (χ3v) is 5.81. The summed E-state index contributed by atoms with van der Waals surface area (Å²) < 4.78 is 2.37. The van der Waals surface area contributed by atoms with Gasteiger partial charge >= 0.3 is 0 Å². The van der Waals surface area contributed by atoms with Crippen LogP contribution in [0.25, 0.3) is 16.2 Å². The summed E-state index contributed by atoms with van der Waals surface area (Å²) in [5, 5.41) is 3.45. The van der Waals surface area contributed by atoms with E-state index in [2.05, 4.69) is 61.7 Å². The second-order valence-corrected chi connectivity index (χ2v) is 8.45. The first-order valence-electron chi connectivity index (χ1n) is 8.26. The van der Waals surface area contributed by atoms with Crippen LogP contribution in [0.15, 0.2) is 24.3 Å². The van der Waals surface area contributed by atoms with Crippen LogP contribution >= 0.6 is 11.3 Å². The standard InChI is InChI=1S/C19H23N3S/c1-12-17(13-5-7-14(8-6-13)19(2,3)4)21-18-22(12)15-9-10-20-11-16(15)23-18/h5-8,20H,9-11H2,1-4H3. The molecule has 0 bridgehead atoms. The first-order valence-corrected chi connectivity index (χ1v) is 9.08. The van der Waals surface area contributed by atoms with Gasteiger partial charge < -0.3 is 5.32 Å². The number of thiazole rings is 1. The summed E-state index contributed by atoms with van der Waals surface area (Å²) in [7, 11) is 0. The van der Waals surface area contributed by atoms with Crippen LogP contribution in [0.1, 0.15) is 42.6 Å². The van der Waals surface area contributed by atoms with Gasteiger partial charge in [-0.3, -0.25) is 4.40 Å². The summed E-state index contributed by atoms with van der Waals surface area (Å²) in [5.41, 5.74) is 6.61. The topological polar surface area (TPSA) is 29.3 Å². The fraction of sp³-hybridized carbons (Fsp3) is 0.421. The molecule has 0 spiro atoms. The predicted octanol–water partition coefficient (Wildman–Crippen LogP) is 4.31. The van der Waals surface area contributed by atoms with E-state index < -0.39 is 0 Å². The van der Waals surface area contributed by atoms with E-state index in [1.165, 1.54) is 27.4 Å². The molecule has 3 aromatic rings. The molecule has 0 amide bonds. The zero-order valence-electron chi connectivity index (χ0n) is 14.2. The number of rotatable bonds is 1. The van der Waals surface area contributed by atoms with Gasteiger partial charge in [-0.2, -0.15) is 0 Å². The highest BCUT2D eigenvalue weighted by molar-refractivity contribution is 7.17. The molecule has 0 unspecified atom stereocenters. The highest BCUT2D eigenvalue weighted by Crippen LogP contribution is 2.33. The first-order chi connectivity index (χ1) is 10.9. The smallest absolute Gasteiger partial charge is 0.194 e. The molecule has 0 saturated carbocycles. The second-order valence-electron chi connectivity index (χ2n) is 7.39. The fourth-order valence-electron chi connectivity index (χ4n) is 3.36. The molecular formula is C19H23N3S. The van der Waals surface area contributed by atoms with Crippen LogP contribution in [0, 0.1) is 6.92 Å². The highest BCUT2D eigenvalue weighted by Gasteiger charge is 2.21. The molecule has 0 saturated heterocycles. The van der Waals surface area contributed by atoms with Crippen molar-refractivity contribution in [2.75, 3.05) is 6.54 Å². The minimum atomic E-state index is 0.189. The van der Waals surface area contributed by atoms with E-state index in [9.17, 15) is 0 Å². The molecule has 0 atom stereocenters. The van der Waals surface area contributed by atoms with Crippen LogP contribution in [0.2, 0.25) is 0 Å².